The van der Waals surface area contributed by atoms with Crippen LogP contribution in [0.1, 0.15) is 34.6 Å². The third kappa shape index (κ3) is 2.30. The van der Waals surface area contributed by atoms with E-state index in [1.807, 2.05) is 58.9 Å². The van der Waals surface area contributed by atoms with E-state index in [0.717, 1.165) is 5.46 Å². The van der Waals surface area contributed by atoms with Crippen LogP contribution < -0.4 is 15.5 Å². The number of ether oxygens (including phenoxy) is 1. The number of rotatable bonds is 0. The third-order valence-corrected chi connectivity index (χ3v) is 4.62. The van der Waals surface area contributed by atoms with Gasteiger partial charge in [0.1, 0.15) is 12.4 Å². The van der Waals surface area contributed by atoms with Crippen LogP contribution in [0.2, 0.25) is 0 Å². The molecule has 1 atom stereocenters. The van der Waals surface area contributed by atoms with Crippen molar-refractivity contribution in [2.75, 3.05) is 6.61 Å². The molecule has 2 aliphatic heterocycles. The molecular weight excluding hydrogens is 281 g/mol. The fourth-order valence-corrected chi connectivity index (χ4v) is 2.58. The minimum absolute atomic E-state index is 0.119. The zero-order valence-corrected chi connectivity index (χ0v) is 13.7. The standard InChI is InChI=1S/C16H22BNO4/c1-14(2)10-20-12-9-7-6-8-11(12)17-21-15(3,4)16(5,22-17)18-13(14)19/h6-9H,10H2,1-5H3,(H,18,19). The summed E-state index contributed by atoms with van der Waals surface area (Å²) >= 11 is 0. The van der Waals surface area contributed by atoms with Gasteiger partial charge in [0.05, 0.1) is 11.0 Å². The summed E-state index contributed by atoms with van der Waals surface area (Å²) in [6.07, 6.45) is 0. The Bertz CT molecular complexity index is 616. The molecule has 6 heteroatoms. The first-order valence-electron chi connectivity index (χ1n) is 7.55. The molecule has 0 radical (unpaired) electrons. The predicted molar refractivity (Wildman–Crippen MR) is 83.9 cm³/mol. The normalized spacial score (nSPS) is 29.3. The van der Waals surface area contributed by atoms with Crippen LogP contribution in [-0.2, 0) is 14.1 Å². The van der Waals surface area contributed by atoms with Crippen LogP contribution in [0.15, 0.2) is 24.3 Å². The Morgan fingerprint density at radius 1 is 1.09 bits per heavy atom. The molecule has 2 bridgehead atoms. The summed E-state index contributed by atoms with van der Waals surface area (Å²) in [5, 5.41) is 3.00. The van der Waals surface area contributed by atoms with Gasteiger partial charge in [-0.05, 0) is 40.7 Å². The number of hydrogen-bond donors (Lipinski definition) is 1. The van der Waals surface area contributed by atoms with Crippen LogP contribution >= 0.6 is 0 Å². The maximum absolute atomic E-state index is 12.6. The van der Waals surface area contributed by atoms with Crippen LogP contribution in [0, 0.1) is 5.41 Å². The minimum Gasteiger partial charge on any atom is -0.493 e. The van der Waals surface area contributed by atoms with Crippen LogP contribution in [0.4, 0.5) is 0 Å². The Balaban J connectivity index is 2.10. The molecule has 118 valence electrons. The zero-order valence-electron chi connectivity index (χ0n) is 13.7. The summed E-state index contributed by atoms with van der Waals surface area (Å²) in [6, 6.07) is 7.63. The van der Waals surface area contributed by atoms with Gasteiger partial charge in [-0.3, -0.25) is 4.79 Å². The molecule has 1 N–H and O–H groups in total. The van der Waals surface area contributed by atoms with Gasteiger partial charge in [-0.25, -0.2) is 0 Å². The van der Waals surface area contributed by atoms with Gasteiger partial charge in [0.15, 0.2) is 5.72 Å². The average Bonchev–Trinajstić information content (AvgIpc) is 2.66. The Morgan fingerprint density at radius 3 is 2.50 bits per heavy atom. The average molecular weight is 303 g/mol. The highest BCUT2D eigenvalue weighted by molar-refractivity contribution is 6.63. The van der Waals surface area contributed by atoms with Gasteiger partial charge in [0.2, 0.25) is 5.91 Å². The number of nitrogens with one attached hydrogen (secondary N) is 1. The Hall–Kier alpha value is -1.53. The molecule has 2 heterocycles. The summed E-state index contributed by atoms with van der Waals surface area (Å²) in [7, 11) is -0.572. The van der Waals surface area contributed by atoms with Gasteiger partial charge in [0.25, 0.3) is 0 Å². The molecule has 2 aliphatic rings. The zero-order chi connectivity index (χ0) is 16.2. The van der Waals surface area contributed by atoms with Crippen molar-refractivity contribution in [3.8, 4) is 5.75 Å². The Kier molecular flexibility index (Phi) is 3.31. The van der Waals surface area contributed by atoms with E-state index in [9.17, 15) is 4.79 Å². The van der Waals surface area contributed by atoms with Crippen molar-refractivity contribution in [1.29, 1.82) is 0 Å². The first-order valence-corrected chi connectivity index (χ1v) is 7.55. The third-order valence-electron chi connectivity index (χ3n) is 4.62. The predicted octanol–water partition coefficient (Wildman–Crippen LogP) is 1.46. The number of hydrogen-bond acceptors (Lipinski definition) is 4. The number of amides is 1. The van der Waals surface area contributed by atoms with E-state index in [4.69, 9.17) is 14.0 Å². The van der Waals surface area contributed by atoms with Gasteiger partial charge in [0, 0.05) is 5.46 Å². The summed E-state index contributed by atoms with van der Waals surface area (Å²) in [5.74, 6) is 0.571. The number of para-hydroxylation sites is 1. The lowest BCUT2D eigenvalue weighted by molar-refractivity contribution is -0.141. The Labute approximate surface area is 131 Å². The summed E-state index contributed by atoms with van der Waals surface area (Å²) in [5.41, 5.74) is -1.41. The van der Waals surface area contributed by atoms with Crippen LogP contribution in [0.25, 0.3) is 0 Å². The molecular formula is C16H22BNO4. The monoisotopic (exact) mass is 303 g/mol. The molecule has 0 aromatic heterocycles. The summed E-state index contributed by atoms with van der Waals surface area (Å²) in [6.45, 7) is 9.70. The quantitative estimate of drug-likeness (QED) is 0.737. The molecule has 3 rings (SSSR count). The van der Waals surface area contributed by atoms with Gasteiger partial charge in [-0.2, -0.15) is 0 Å². The number of carbonyl (C=O) groups excluding carboxylic acids is 1. The number of fused-ring (bicyclic) bond motifs is 4. The van der Waals surface area contributed by atoms with E-state index in [1.165, 1.54) is 0 Å². The van der Waals surface area contributed by atoms with Crippen molar-refractivity contribution < 1.29 is 18.8 Å². The highest BCUT2D eigenvalue weighted by Crippen LogP contribution is 2.37. The lowest BCUT2D eigenvalue weighted by Crippen LogP contribution is -2.61. The molecule has 1 unspecified atom stereocenters. The second kappa shape index (κ2) is 4.73. The molecule has 1 aromatic carbocycles. The van der Waals surface area contributed by atoms with E-state index in [2.05, 4.69) is 5.32 Å². The SMILES string of the molecule is CC1(C)COc2ccccc2B2OC(C)(C)C(C)(NC1=O)O2. The van der Waals surface area contributed by atoms with Crippen LogP contribution in [-0.4, -0.2) is 31.0 Å². The van der Waals surface area contributed by atoms with Crippen molar-refractivity contribution in [3.05, 3.63) is 24.3 Å². The largest absolute Gasteiger partial charge is 0.500 e. The lowest BCUT2D eigenvalue weighted by atomic mass is 9.78. The molecule has 1 aromatic rings. The van der Waals surface area contributed by atoms with Crippen molar-refractivity contribution in [2.45, 2.75) is 45.9 Å². The maximum atomic E-state index is 12.6. The first kappa shape index (κ1) is 15.4. The van der Waals surface area contributed by atoms with Gasteiger partial charge in [-0.1, -0.05) is 18.2 Å². The van der Waals surface area contributed by atoms with Crippen molar-refractivity contribution in [2.24, 2.45) is 5.41 Å². The van der Waals surface area contributed by atoms with Gasteiger partial charge in [-0.15, -0.1) is 0 Å². The van der Waals surface area contributed by atoms with E-state index >= 15 is 0 Å². The number of benzene rings is 1. The van der Waals surface area contributed by atoms with Crippen LogP contribution in [0.5, 0.6) is 5.75 Å². The number of carbonyl (C=O) groups is 1. The minimum atomic E-state index is -0.906. The topological polar surface area (TPSA) is 56.8 Å². The van der Waals surface area contributed by atoms with Crippen LogP contribution in [0.3, 0.4) is 0 Å². The first-order chi connectivity index (χ1) is 10.1. The highest BCUT2D eigenvalue weighted by Gasteiger charge is 2.57. The van der Waals surface area contributed by atoms with Crippen molar-refractivity contribution in [3.63, 3.8) is 0 Å². The van der Waals surface area contributed by atoms with Gasteiger partial charge >= 0.3 is 7.12 Å². The van der Waals surface area contributed by atoms with Crippen molar-refractivity contribution in [1.82, 2.24) is 5.32 Å². The molecule has 1 saturated heterocycles. The molecule has 1 amide bonds. The summed E-state index contributed by atoms with van der Waals surface area (Å²) < 4.78 is 18.1. The molecule has 5 nitrogen and oxygen atoms in total. The second-order valence-corrected chi connectivity index (χ2v) is 7.28. The van der Waals surface area contributed by atoms with E-state index in [-0.39, 0.29) is 5.91 Å². The molecule has 0 saturated carbocycles. The smallest absolute Gasteiger partial charge is 0.493 e. The molecule has 22 heavy (non-hydrogen) atoms. The Morgan fingerprint density at radius 2 is 1.77 bits per heavy atom. The lowest BCUT2D eigenvalue weighted by Gasteiger charge is -2.39. The van der Waals surface area contributed by atoms with E-state index < -0.39 is 23.9 Å². The maximum Gasteiger partial charge on any atom is 0.500 e. The molecule has 1 fully saturated rings. The summed E-state index contributed by atoms with van der Waals surface area (Å²) in [4.78, 5) is 12.6. The fourth-order valence-electron chi connectivity index (χ4n) is 2.58. The molecule has 0 aliphatic carbocycles. The van der Waals surface area contributed by atoms with E-state index in [1.54, 1.807) is 0 Å². The fraction of sp³-hybridized carbons (Fsp3) is 0.562. The van der Waals surface area contributed by atoms with Gasteiger partial charge < -0.3 is 19.4 Å². The van der Waals surface area contributed by atoms with Crippen molar-refractivity contribution >= 4 is 18.5 Å². The van der Waals surface area contributed by atoms with E-state index in [0.29, 0.717) is 12.4 Å². The highest BCUT2D eigenvalue weighted by atomic mass is 16.7. The second-order valence-electron chi connectivity index (χ2n) is 7.28. The molecule has 0 spiro atoms.